The lowest BCUT2D eigenvalue weighted by atomic mass is 9.58. The van der Waals surface area contributed by atoms with Gasteiger partial charge in [0.25, 0.3) is 5.91 Å². The van der Waals surface area contributed by atoms with Crippen molar-refractivity contribution >= 4 is 29.1 Å². The molecule has 0 bridgehead atoms. The summed E-state index contributed by atoms with van der Waals surface area (Å²) < 4.78 is 28.8. The van der Waals surface area contributed by atoms with Crippen LogP contribution in [0.5, 0.6) is 5.75 Å². The van der Waals surface area contributed by atoms with Gasteiger partial charge >= 0.3 is 0 Å². The summed E-state index contributed by atoms with van der Waals surface area (Å²) in [5.74, 6) is -10.2. The Morgan fingerprint density at radius 2 is 1.93 bits per heavy atom. The van der Waals surface area contributed by atoms with Crippen LogP contribution in [0.1, 0.15) is 28.8 Å². The zero-order valence-electron chi connectivity index (χ0n) is 22.3. The van der Waals surface area contributed by atoms with E-state index in [0.29, 0.717) is 6.54 Å². The van der Waals surface area contributed by atoms with Gasteiger partial charge in [-0.2, -0.15) is 0 Å². The van der Waals surface area contributed by atoms with Gasteiger partial charge in [0.05, 0.1) is 23.8 Å². The topological polar surface area (TPSA) is 194 Å². The summed E-state index contributed by atoms with van der Waals surface area (Å²) >= 11 is 0. The number of phenols is 1. The van der Waals surface area contributed by atoms with E-state index in [4.69, 9.17) is 5.73 Å². The molecule has 220 valence electrons. The Kier molecular flexibility index (Phi) is 6.91. The Labute approximate surface area is 232 Å². The second-order valence-corrected chi connectivity index (χ2v) is 11.2. The number of Topliss-reactive ketones (excluding diaryl/α,β-unsaturated/α-hetero) is 2. The Balaban J connectivity index is 1.56. The highest BCUT2D eigenvalue weighted by Crippen LogP contribution is 2.53. The molecule has 5 rings (SSSR count). The number of likely N-dealkylation sites (tertiary alicyclic amines) is 1. The van der Waals surface area contributed by atoms with E-state index in [2.05, 4.69) is 5.32 Å². The van der Waals surface area contributed by atoms with Crippen molar-refractivity contribution in [1.82, 2.24) is 9.80 Å². The largest absolute Gasteiger partial charge is 0.510 e. The Bertz CT molecular complexity index is 1460. The maximum atomic E-state index is 15.4. The van der Waals surface area contributed by atoms with E-state index in [0.717, 1.165) is 6.07 Å². The van der Waals surface area contributed by atoms with Crippen LogP contribution in [0.4, 0.5) is 14.5 Å². The van der Waals surface area contributed by atoms with Gasteiger partial charge in [-0.15, -0.1) is 0 Å². The van der Waals surface area contributed by atoms with Crippen molar-refractivity contribution in [3.8, 4) is 5.75 Å². The molecule has 12 nitrogen and oxygen atoms in total. The summed E-state index contributed by atoms with van der Waals surface area (Å²) in [5.41, 5.74) is -0.0867. The van der Waals surface area contributed by atoms with Crippen molar-refractivity contribution in [2.24, 2.45) is 17.6 Å². The molecule has 1 heterocycles. The number of rotatable bonds is 5. The monoisotopic (exact) mass is 576 g/mol. The Hall–Kier alpha value is -3.88. The predicted molar refractivity (Wildman–Crippen MR) is 138 cm³/mol. The molecule has 2 amide bonds. The number of hydrogen-bond acceptors (Lipinski definition) is 10. The van der Waals surface area contributed by atoms with Crippen LogP contribution in [0.15, 0.2) is 28.7 Å². The van der Waals surface area contributed by atoms with E-state index in [1.807, 2.05) is 0 Å². The SMILES string of the molecule is CN(C)[C@@H]1C(O)=C(C(N)=O)C(=O)[C@@]2(O)C(O)=C3C(=O)c4c(O)c(NC(=O)CN5CC[C@H](F)C5)cc(F)c4C[C@H]3C[C@@H]12. The highest BCUT2D eigenvalue weighted by Gasteiger charge is 2.63. The third kappa shape index (κ3) is 4.28. The number of phenolic OH excluding ortho intramolecular Hbond substituents is 1. The fourth-order valence-corrected chi connectivity index (χ4v) is 6.69. The van der Waals surface area contributed by atoms with E-state index in [1.54, 1.807) is 0 Å². The molecule has 1 aromatic rings. The zero-order chi connectivity index (χ0) is 30.1. The molecule has 0 radical (unpaired) electrons. The molecule has 0 spiro atoms. The lowest BCUT2D eigenvalue weighted by Crippen LogP contribution is -2.63. The number of benzene rings is 1. The van der Waals surface area contributed by atoms with Gasteiger partial charge in [0, 0.05) is 36.2 Å². The van der Waals surface area contributed by atoms with Gasteiger partial charge in [-0.25, -0.2) is 8.78 Å². The molecule has 5 atom stereocenters. The molecule has 1 fully saturated rings. The predicted octanol–water partition coefficient (Wildman–Crippen LogP) is 0.242. The second kappa shape index (κ2) is 9.89. The number of hydrogen-bond donors (Lipinski definition) is 6. The number of amides is 2. The maximum Gasteiger partial charge on any atom is 0.255 e. The number of carbonyl (C=O) groups is 4. The van der Waals surface area contributed by atoms with E-state index >= 15 is 4.39 Å². The summed E-state index contributed by atoms with van der Waals surface area (Å²) in [7, 11) is 3.00. The van der Waals surface area contributed by atoms with Crippen LogP contribution >= 0.6 is 0 Å². The smallest absolute Gasteiger partial charge is 0.255 e. The van der Waals surface area contributed by atoms with Crippen LogP contribution in [0.3, 0.4) is 0 Å². The lowest BCUT2D eigenvalue weighted by molar-refractivity contribution is -0.148. The van der Waals surface area contributed by atoms with Gasteiger partial charge in [0.15, 0.2) is 17.1 Å². The zero-order valence-corrected chi connectivity index (χ0v) is 22.3. The number of aliphatic hydroxyl groups is 3. The molecule has 3 aliphatic carbocycles. The third-order valence-electron chi connectivity index (χ3n) is 8.52. The van der Waals surface area contributed by atoms with Crippen LogP contribution in [0.2, 0.25) is 0 Å². The van der Waals surface area contributed by atoms with E-state index in [1.165, 1.54) is 23.9 Å². The molecule has 0 aromatic heterocycles. The molecule has 0 saturated carbocycles. The highest BCUT2D eigenvalue weighted by molar-refractivity contribution is 6.25. The molecule has 1 aromatic carbocycles. The normalized spacial score (nSPS) is 29.9. The number of ketones is 2. The van der Waals surface area contributed by atoms with Gasteiger partial charge in [-0.3, -0.25) is 29.0 Å². The van der Waals surface area contributed by atoms with Crippen molar-refractivity contribution in [3.63, 3.8) is 0 Å². The number of primary amides is 1. The molecular weight excluding hydrogens is 546 g/mol. The maximum absolute atomic E-state index is 15.4. The van der Waals surface area contributed by atoms with Crippen LogP contribution in [0, 0.1) is 17.7 Å². The first kappa shape index (κ1) is 28.6. The average molecular weight is 577 g/mol. The van der Waals surface area contributed by atoms with E-state index in [9.17, 15) is 44.0 Å². The number of nitrogens with zero attached hydrogens (tertiary/aromatic N) is 2. The number of allylic oxidation sites excluding steroid dienone is 1. The van der Waals surface area contributed by atoms with Crippen molar-refractivity contribution in [1.29, 1.82) is 0 Å². The molecular formula is C27H30F2N4O8. The number of likely N-dealkylation sites (N-methyl/N-ethyl adjacent to an activating group) is 1. The first-order chi connectivity index (χ1) is 19.2. The fourth-order valence-electron chi connectivity index (χ4n) is 6.69. The minimum Gasteiger partial charge on any atom is -0.510 e. The summed E-state index contributed by atoms with van der Waals surface area (Å²) in [5, 5.41) is 47.0. The molecule has 1 aliphatic heterocycles. The summed E-state index contributed by atoms with van der Waals surface area (Å²) in [6.07, 6.45) is -1.22. The lowest BCUT2D eigenvalue weighted by Gasteiger charge is -2.50. The van der Waals surface area contributed by atoms with Crippen molar-refractivity contribution < 1.29 is 48.4 Å². The minimum atomic E-state index is -2.82. The average Bonchev–Trinajstić information content (AvgIpc) is 3.28. The standard InChI is InChI=1S/C27H30F2N4O8/c1-32(2)20-13-6-10-5-12-14(29)7-15(31-16(34)9-33-4-3-11(28)8-33)21(35)18(12)22(36)17(10)24(38)27(13,41)25(39)19(23(20)37)26(30)40/h7,10-11,13,20,35,37-38,41H,3-6,8-9H2,1-2H3,(H2,30,40)(H,31,34)/t10-,11-,13-,20-,27-/m0/s1. The van der Waals surface area contributed by atoms with Crippen molar-refractivity contribution in [2.75, 3.05) is 39.0 Å². The number of halogens is 2. The van der Waals surface area contributed by atoms with Gasteiger partial charge in [0.2, 0.25) is 11.7 Å². The summed E-state index contributed by atoms with van der Waals surface area (Å²) in [4.78, 5) is 54.6. The van der Waals surface area contributed by atoms with Crippen LogP contribution in [-0.2, 0) is 20.8 Å². The van der Waals surface area contributed by atoms with Gasteiger partial charge < -0.3 is 31.5 Å². The third-order valence-corrected chi connectivity index (χ3v) is 8.52. The van der Waals surface area contributed by atoms with E-state index in [-0.39, 0.29) is 37.9 Å². The fraction of sp³-hybridized carbons (Fsp3) is 0.481. The number of anilines is 1. The summed E-state index contributed by atoms with van der Waals surface area (Å²) in [6, 6.07) is -0.310. The Morgan fingerprint density at radius 1 is 1.24 bits per heavy atom. The quantitative estimate of drug-likeness (QED) is 0.209. The number of aromatic hydroxyl groups is 1. The molecule has 4 aliphatic rings. The molecule has 0 unspecified atom stereocenters. The molecule has 1 saturated heterocycles. The molecule has 41 heavy (non-hydrogen) atoms. The second-order valence-electron chi connectivity index (χ2n) is 11.2. The number of nitrogens with two attached hydrogens (primary N) is 1. The number of fused-ring (bicyclic) bond motifs is 3. The van der Waals surface area contributed by atoms with Crippen LogP contribution < -0.4 is 11.1 Å². The molecule has 7 N–H and O–H groups in total. The van der Waals surface area contributed by atoms with Gasteiger partial charge in [0.1, 0.15) is 29.1 Å². The highest BCUT2D eigenvalue weighted by atomic mass is 19.1. The number of alkyl halides is 1. The summed E-state index contributed by atoms with van der Waals surface area (Å²) in [6.45, 7) is 0.161. The number of nitrogens with one attached hydrogen (secondary N) is 1. The van der Waals surface area contributed by atoms with Gasteiger partial charge in [-0.1, -0.05) is 0 Å². The first-order valence-corrected chi connectivity index (χ1v) is 13.0. The molecule has 14 heteroatoms. The van der Waals surface area contributed by atoms with E-state index < -0.39 is 98.5 Å². The van der Waals surface area contributed by atoms with Crippen LogP contribution in [0.25, 0.3) is 0 Å². The van der Waals surface area contributed by atoms with Crippen molar-refractivity contribution in [3.05, 3.63) is 45.7 Å². The first-order valence-electron chi connectivity index (χ1n) is 13.0. The number of aliphatic hydroxyl groups excluding tert-OH is 2. The minimum absolute atomic E-state index is 0.0486. The van der Waals surface area contributed by atoms with Crippen LogP contribution in [-0.4, -0.2) is 105 Å². The number of carbonyl (C=O) groups excluding carboxylic acids is 4. The Morgan fingerprint density at radius 3 is 2.51 bits per heavy atom. The van der Waals surface area contributed by atoms with Crippen molar-refractivity contribution in [2.45, 2.75) is 37.1 Å². The van der Waals surface area contributed by atoms with Gasteiger partial charge in [-0.05, 0) is 39.3 Å².